The molecule has 1 fully saturated rings. The third-order valence-corrected chi connectivity index (χ3v) is 2.70. The summed E-state index contributed by atoms with van der Waals surface area (Å²) in [6.07, 6.45) is -4.35. The van der Waals surface area contributed by atoms with Crippen molar-refractivity contribution in [3.05, 3.63) is 0 Å². The van der Waals surface area contributed by atoms with Crippen LogP contribution in [0.25, 0.3) is 0 Å². The number of hydrogen-bond donors (Lipinski definition) is 5. The van der Waals surface area contributed by atoms with E-state index in [1.165, 1.54) is 0 Å². The van der Waals surface area contributed by atoms with Gasteiger partial charge in [-0.05, 0) is 6.42 Å². The Balaban J connectivity index is 2.63. The van der Waals surface area contributed by atoms with Gasteiger partial charge in [0, 0.05) is 6.42 Å². The van der Waals surface area contributed by atoms with E-state index in [4.69, 9.17) is 9.84 Å². The number of nitrogens with one attached hydrogen (secondary N) is 1. The van der Waals surface area contributed by atoms with Crippen LogP contribution in [-0.4, -0.2) is 63.6 Å². The molecule has 5 atom stereocenters. The van der Waals surface area contributed by atoms with Crippen LogP contribution in [0.4, 0.5) is 0 Å². The maximum atomic E-state index is 11.3. The first kappa shape index (κ1) is 14.3. The largest absolute Gasteiger partial charge is 0.394 e. The van der Waals surface area contributed by atoms with Crippen LogP contribution in [0.3, 0.4) is 0 Å². The van der Waals surface area contributed by atoms with Crippen molar-refractivity contribution in [1.29, 1.82) is 0 Å². The first-order chi connectivity index (χ1) is 8.01. The second kappa shape index (κ2) is 6.27. The van der Waals surface area contributed by atoms with Crippen LogP contribution in [0.5, 0.6) is 0 Å². The number of carbonyl (C=O) groups is 1. The minimum atomic E-state index is -1.45. The first-order valence-corrected chi connectivity index (χ1v) is 5.61. The second-order valence-electron chi connectivity index (χ2n) is 4.07. The molecule has 17 heavy (non-hydrogen) atoms. The average molecular weight is 249 g/mol. The number of aliphatic hydroxyl groups is 4. The van der Waals surface area contributed by atoms with Crippen LogP contribution < -0.4 is 5.32 Å². The van der Waals surface area contributed by atoms with E-state index in [-0.39, 0.29) is 12.3 Å². The van der Waals surface area contributed by atoms with E-state index < -0.39 is 37.3 Å². The minimum absolute atomic E-state index is 0.259. The number of rotatable bonds is 4. The summed E-state index contributed by atoms with van der Waals surface area (Å²) in [7, 11) is 0. The van der Waals surface area contributed by atoms with Gasteiger partial charge in [-0.25, -0.2) is 0 Å². The normalized spacial score (nSPS) is 37.8. The second-order valence-corrected chi connectivity index (χ2v) is 4.07. The molecule has 100 valence electrons. The number of carbonyl (C=O) groups excluding carboxylic acids is 1. The summed E-state index contributed by atoms with van der Waals surface area (Å²) in [6.45, 7) is 1.30. The molecule has 0 spiro atoms. The summed E-state index contributed by atoms with van der Waals surface area (Å²) in [5, 5.41) is 40.1. The van der Waals surface area contributed by atoms with Crippen molar-refractivity contribution in [2.75, 3.05) is 6.61 Å². The van der Waals surface area contributed by atoms with Crippen LogP contribution in [0.1, 0.15) is 19.8 Å². The summed E-state index contributed by atoms with van der Waals surface area (Å²) in [5.74, 6) is -0.339. The molecular weight excluding hydrogens is 230 g/mol. The monoisotopic (exact) mass is 249 g/mol. The highest BCUT2D eigenvalue weighted by atomic mass is 16.6. The summed E-state index contributed by atoms with van der Waals surface area (Å²) < 4.78 is 4.89. The molecule has 0 aromatic carbocycles. The van der Waals surface area contributed by atoms with Gasteiger partial charge in [-0.2, -0.15) is 0 Å². The predicted octanol–water partition coefficient (Wildman–Crippen LogP) is -2.30. The lowest BCUT2D eigenvalue weighted by Crippen LogP contribution is -2.64. The molecule has 0 aliphatic carbocycles. The lowest BCUT2D eigenvalue weighted by Gasteiger charge is -2.40. The summed E-state index contributed by atoms with van der Waals surface area (Å²) in [4.78, 5) is 11.3. The molecular formula is C10H19NO6. The Bertz CT molecular complexity index is 261. The number of aliphatic hydroxyl groups excluding tert-OH is 4. The molecule has 0 aromatic heterocycles. The van der Waals surface area contributed by atoms with Crippen LogP contribution in [0.15, 0.2) is 0 Å². The van der Waals surface area contributed by atoms with Crippen LogP contribution in [0, 0.1) is 0 Å². The van der Waals surface area contributed by atoms with Gasteiger partial charge in [-0.3, -0.25) is 4.79 Å². The number of amides is 1. The lowest BCUT2D eigenvalue weighted by molar-refractivity contribution is -0.253. The third-order valence-electron chi connectivity index (χ3n) is 2.70. The summed E-state index contributed by atoms with van der Waals surface area (Å²) >= 11 is 0. The van der Waals surface area contributed by atoms with E-state index in [0.29, 0.717) is 6.42 Å². The first-order valence-electron chi connectivity index (χ1n) is 5.61. The fraction of sp³-hybridized carbons (Fsp3) is 0.900. The van der Waals surface area contributed by atoms with Crippen molar-refractivity contribution in [1.82, 2.24) is 5.32 Å². The highest BCUT2D eigenvalue weighted by Gasteiger charge is 2.44. The Labute approximate surface area is 99.0 Å². The van der Waals surface area contributed by atoms with Crippen molar-refractivity contribution in [2.45, 2.75) is 50.4 Å². The maximum absolute atomic E-state index is 11.3. The molecule has 1 rings (SSSR count). The molecule has 0 bridgehead atoms. The molecule has 7 heteroatoms. The van der Waals surface area contributed by atoms with Crippen molar-refractivity contribution in [2.24, 2.45) is 0 Å². The van der Waals surface area contributed by atoms with E-state index in [1.807, 2.05) is 6.92 Å². The highest BCUT2D eigenvalue weighted by molar-refractivity contribution is 5.76. The van der Waals surface area contributed by atoms with Gasteiger partial charge in [0.2, 0.25) is 5.91 Å². The molecule has 0 saturated carbocycles. The Hall–Kier alpha value is -0.730. The van der Waals surface area contributed by atoms with Crippen molar-refractivity contribution in [3.8, 4) is 0 Å². The van der Waals surface area contributed by atoms with Crippen LogP contribution in [0.2, 0.25) is 0 Å². The molecule has 1 saturated heterocycles. The summed E-state index contributed by atoms with van der Waals surface area (Å²) in [5.41, 5.74) is 0. The molecule has 1 amide bonds. The predicted molar refractivity (Wildman–Crippen MR) is 56.8 cm³/mol. The molecule has 7 nitrogen and oxygen atoms in total. The molecule has 0 radical (unpaired) electrons. The van der Waals surface area contributed by atoms with Crippen LogP contribution >= 0.6 is 0 Å². The van der Waals surface area contributed by atoms with Gasteiger partial charge < -0.3 is 30.5 Å². The molecule has 1 aliphatic rings. The van der Waals surface area contributed by atoms with E-state index in [0.717, 1.165) is 0 Å². The average Bonchev–Trinajstić information content (AvgIpc) is 2.29. The van der Waals surface area contributed by atoms with Gasteiger partial charge in [0.25, 0.3) is 0 Å². The number of ether oxygens (including phenoxy) is 1. The zero-order valence-corrected chi connectivity index (χ0v) is 9.61. The minimum Gasteiger partial charge on any atom is -0.394 e. The quantitative estimate of drug-likeness (QED) is 0.382. The van der Waals surface area contributed by atoms with E-state index in [9.17, 15) is 20.1 Å². The van der Waals surface area contributed by atoms with E-state index in [1.54, 1.807) is 0 Å². The van der Waals surface area contributed by atoms with Gasteiger partial charge in [0.1, 0.15) is 24.4 Å². The van der Waals surface area contributed by atoms with Crippen LogP contribution in [-0.2, 0) is 9.53 Å². The zero-order chi connectivity index (χ0) is 13.0. The lowest BCUT2D eigenvalue weighted by atomic mass is 9.97. The smallest absolute Gasteiger partial charge is 0.220 e. The topological polar surface area (TPSA) is 119 Å². The fourth-order valence-electron chi connectivity index (χ4n) is 1.74. The molecule has 1 heterocycles. The fourth-order valence-corrected chi connectivity index (χ4v) is 1.74. The molecule has 5 N–H and O–H groups in total. The Morgan fingerprint density at radius 3 is 2.47 bits per heavy atom. The molecule has 1 aliphatic heterocycles. The Morgan fingerprint density at radius 1 is 1.29 bits per heavy atom. The number of hydrogen-bond acceptors (Lipinski definition) is 6. The zero-order valence-electron chi connectivity index (χ0n) is 9.61. The van der Waals surface area contributed by atoms with Gasteiger partial charge >= 0.3 is 0 Å². The Morgan fingerprint density at radius 2 is 1.94 bits per heavy atom. The van der Waals surface area contributed by atoms with Gasteiger partial charge in [-0.15, -0.1) is 0 Å². The van der Waals surface area contributed by atoms with Gasteiger partial charge in [0.15, 0.2) is 6.29 Å². The van der Waals surface area contributed by atoms with Crippen molar-refractivity contribution >= 4 is 5.91 Å². The standard InChI is InChI=1S/C10H19NO6/c1-2-3-6(13)11-7-9(15)8(14)5(4-12)17-10(7)16/h5,7-10,12,14-16H,2-4H2,1H3,(H,11,13)/t5-,7-,8+,9+,10+/m0/s1. The van der Waals surface area contributed by atoms with E-state index in [2.05, 4.69) is 5.32 Å². The van der Waals surface area contributed by atoms with Gasteiger partial charge in [-0.1, -0.05) is 6.92 Å². The molecule has 0 aromatic rings. The van der Waals surface area contributed by atoms with Crippen molar-refractivity contribution < 1.29 is 30.0 Å². The van der Waals surface area contributed by atoms with Crippen molar-refractivity contribution in [3.63, 3.8) is 0 Å². The van der Waals surface area contributed by atoms with Gasteiger partial charge in [0.05, 0.1) is 6.61 Å². The summed E-state index contributed by atoms with van der Waals surface area (Å²) in [6, 6.07) is -1.09. The maximum Gasteiger partial charge on any atom is 0.220 e. The molecule has 0 unspecified atom stereocenters. The third kappa shape index (κ3) is 3.36. The van der Waals surface area contributed by atoms with E-state index >= 15 is 0 Å². The Kier molecular flexibility index (Phi) is 5.29. The SMILES string of the molecule is CCCC(=O)N[C@H]1[C@@H](O)[C@H](O)[C@H](CO)O[C@H]1O. The highest BCUT2D eigenvalue weighted by Crippen LogP contribution is 2.19.